The van der Waals surface area contributed by atoms with E-state index in [9.17, 15) is 14.4 Å². The van der Waals surface area contributed by atoms with Gasteiger partial charge in [0.15, 0.2) is 0 Å². The number of nitrogens with two attached hydrogens (primary N) is 1. The summed E-state index contributed by atoms with van der Waals surface area (Å²) in [5, 5.41) is 2.55. The molecule has 6 heteroatoms. The van der Waals surface area contributed by atoms with Crippen LogP contribution in [0.1, 0.15) is 53.4 Å². The summed E-state index contributed by atoms with van der Waals surface area (Å²) in [6.45, 7) is 7.25. The van der Waals surface area contributed by atoms with Crippen molar-refractivity contribution in [1.29, 1.82) is 0 Å². The van der Waals surface area contributed by atoms with Crippen molar-refractivity contribution in [3.63, 3.8) is 0 Å². The summed E-state index contributed by atoms with van der Waals surface area (Å²) in [7, 11) is 0. The van der Waals surface area contributed by atoms with Crippen LogP contribution in [0.4, 0.5) is 0 Å². The van der Waals surface area contributed by atoms with Gasteiger partial charge in [-0.3, -0.25) is 9.59 Å². The molecule has 0 aromatic rings. The van der Waals surface area contributed by atoms with Gasteiger partial charge in [0.1, 0.15) is 11.6 Å². The van der Waals surface area contributed by atoms with Crippen LogP contribution in [-0.4, -0.2) is 29.4 Å². The van der Waals surface area contributed by atoms with Gasteiger partial charge in [0.2, 0.25) is 11.8 Å². The van der Waals surface area contributed by atoms with Gasteiger partial charge in [-0.2, -0.15) is 0 Å². The summed E-state index contributed by atoms with van der Waals surface area (Å²) in [5.74, 6) is -1.56. The predicted octanol–water partition coefficient (Wildman–Crippen LogP) is 2.55. The molecule has 3 N–H and O–H groups in total. The van der Waals surface area contributed by atoms with Gasteiger partial charge in [0.05, 0.1) is 0 Å². The summed E-state index contributed by atoms with van der Waals surface area (Å²) in [6.07, 6.45) is 12.5. The van der Waals surface area contributed by atoms with Gasteiger partial charge in [0.25, 0.3) is 0 Å². The molecule has 0 unspecified atom stereocenters. The fourth-order valence-corrected chi connectivity index (χ4v) is 1.77. The first kappa shape index (κ1) is 22.6. The van der Waals surface area contributed by atoms with Gasteiger partial charge in [0, 0.05) is 12.5 Å². The van der Waals surface area contributed by atoms with Crippen LogP contribution in [0.2, 0.25) is 0 Å². The third kappa shape index (κ3) is 13.7. The average Bonchev–Trinajstić information content (AvgIpc) is 2.48. The normalized spacial score (nSPS) is 13.4. The second-order valence-corrected chi connectivity index (χ2v) is 6.50. The molecule has 0 heterocycles. The maximum absolute atomic E-state index is 12.1. The molecular weight excluding hydrogens is 320 g/mol. The van der Waals surface area contributed by atoms with Crippen LogP contribution in [0.15, 0.2) is 36.5 Å². The molecule has 6 nitrogen and oxygen atoms in total. The molecule has 0 aliphatic carbocycles. The number of carbonyl (C=O) groups excluding carboxylic acids is 3. The Hall–Kier alpha value is -2.37. The Labute approximate surface area is 150 Å². The minimum atomic E-state index is -0.916. The number of esters is 1. The number of amides is 2. The number of rotatable bonds is 10. The standard InChI is InChI=1S/C19H30N2O4/c1-5-6-7-8-9-10-11-12-17(23)21-15(13-14-16(20)22)18(24)25-19(2,3)4/h6-7,9-12,15H,5,8,13-14H2,1-4H3,(H2,20,22)(H,21,23)/b7-6-,10-9-,12-11+/t15-/m0/s1. The first-order valence-electron chi connectivity index (χ1n) is 8.45. The Morgan fingerprint density at radius 3 is 2.36 bits per heavy atom. The second-order valence-electron chi connectivity index (χ2n) is 6.50. The molecule has 25 heavy (non-hydrogen) atoms. The van der Waals surface area contributed by atoms with Crippen LogP contribution in [0.3, 0.4) is 0 Å². The molecular formula is C19H30N2O4. The molecule has 0 aliphatic rings. The Kier molecular flexibility index (Phi) is 10.9. The van der Waals surface area contributed by atoms with Gasteiger partial charge in [-0.15, -0.1) is 0 Å². The van der Waals surface area contributed by atoms with Crippen molar-refractivity contribution in [2.75, 3.05) is 0 Å². The van der Waals surface area contributed by atoms with Crippen molar-refractivity contribution in [3.8, 4) is 0 Å². The van der Waals surface area contributed by atoms with Crippen molar-refractivity contribution < 1.29 is 19.1 Å². The molecule has 0 aromatic heterocycles. The highest BCUT2D eigenvalue weighted by Gasteiger charge is 2.26. The van der Waals surface area contributed by atoms with Crippen LogP contribution < -0.4 is 11.1 Å². The minimum Gasteiger partial charge on any atom is -0.458 e. The molecule has 0 saturated heterocycles. The topological polar surface area (TPSA) is 98.5 Å². The van der Waals surface area contributed by atoms with Crippen LogP contribution in [0.25, 0.3) is 0 Å². The molecule has 0 bridgehead atoms. The highest BCUT2D eigenvalue weighted by atomic mass is 16.6. The lowest BCUT2D eigenvalue weighted by atomic mass is 10.1. The summed E-state index contributed by atoms with van der Waals surface area (Å²) in [5.41, 5.74) is 4.43. The van der Waals surface area contributed by atoms with E-state index in [1.54, 1.807) is 32.9 Å². The zero-order valence-corrected chi connectivity index (χ0v) is 15.6. The zero-order chi connectivity index (χ0) is 19.3. The third-order valence-corrected chi connectivity index (χ3v) is 2.86. The summed E-state index contributed by atoms with van der Waals surface area (Å²) in [6, 6.07) is -0.916. The average molecular weight is 350 g/mol. The number of ether oxygens (including phenoxy) is 1. The Morgan fingerprint density at radius 2 is 1.80 bits per heavy atom. The van der Waals surface area contributed by atoms with Crippen LogP contribution >= 0.6 is 0 Å². The minimum absolute atomic E-state index is 0.0163. The number of hydrogen-bond acceptors (Lipinski definition) is 4. The highest BCUT2D eigenvalue weighted by Crippen LogP contribution is 2.10. The number of allylic oxidation sites excluding steroid dienone is 5. The maximum Gasteiger partial charge on any atom is 0.329 e. The van der Waals surface area contributed by atoms with Crippen LogP contribution in [0.5, 0.6) is 0 Å². The van der Waals surface area contributed by atoms with E-state index in [1.165, 1.54) is 6.08 Å². The lowest BCUT2D eigenvalue weighted by Crippen LogP contribution is -2.44. The van der Waals surface area contributed by atoms with E-state index in [2.05, 4.69) is 18.3 Å². The monoisotopic (exact) mass is 350 g/mol. The fraction of sp³-hybridized carbons (Fsp3) is 0.526. The smallest absolute Gasteiger partial charge is 0.329 e. The fourth-order valence-electron chi connectivity index (χ4n) is 1.77. The maximum atomic E-state index is 12.1. The zero-order valence-electron chi connectivity index (χ0n) is 15.6. The van der Waals surface area contributed by atoms with Crippen molar-refractivity contribution >= 4 is 17.8 Å². The Morgan fingerprint density at radius 1 is 1.12 bits per heavy atom. The van der Waals surface area contributed by atoms with Gasteiger partial charge < -0.3 is 15.8 Å². The number of carbonyl (C=O) groups is 3. The second kappa shape index (κ2) is 12.1. The van der Waals surface area contributed by atoms with Crippen LogP contribution in [-0.2, 0) is 19.1 Å². The molecule has 140 valence electrons. The van der Waals surface area contributed by atoms with Crippen molar-refractivity contribution in [2.45, 2.75) is 65.0 Å². The molecule has 0 aromatic carbocycles. The molecule has 0 fully saturated rings. The van der Waals surface area contributed by atoms with E-state index in [0.717, 1.165) is 12.8 Å². The largest absolute Gasteiger partial charge is 0.458 e. The van der Waals surface area contributed by atoms with Crippen LogP contribution in [0, 0.1) is 0 Å². The third-order valence-electron chi connectivity index (χ3n) is 2.86. The van der Waals surface area contributed by atoms with E-state index in [4.69, 9.17) is 10.5 Å². The molecule has 0 rings (SSSR count). The first-order chi connectivity index (χ1) is 11.7. The number of primary amides is 1. The molecule has 2 amide bonds. The summed E-state index contributed by atoms with van der Waals surface area (Å²) < 4.78 is 5.26. The Bertz CT molecular complexity index is 528. The van der Waals surface area contributed by atoms with E-state index >= 15 is 0 Å². The highest BCUT2D eigenvalue weighted by molar-refractivity contribution is 5.92. The lowest BCUT2D eigenvalue weighted by molar-refractivity contribution is -0.158. The number of nitrogens with one attached hydrogen (secondary N) is 1. The number of hydrogen-bond donors (Lipinski definition) is 2. The SMILES string of the molecule is CC/C=C\C/C=C\C=C\C(=O)N[C@@H](CCC(N)=O)C(=O)OC(C)(C)C. The molecule has 0 radical (unpaired) electrons. The van der Waals surface area contributed by atoms with Gasteiger partial charge in [-0.1, -0.05) is 37.3 Å². The quantitative estimate of drug-likeness (QED) is 0.274. The van der Waals surface area contributed by atoms with Gasteiger partial charge in [-0.25, -0.2) is 4.79 Å². The summed E-state index contributed by atoms with van der Waals surface area (Å²) >= 11 is 0. The lowest BCUT2D eigenvalue weighted by Gasteiger charge is -2.24. The van der Waals surface area contributed by atoms with Gasteiger partial charge >= 0.3 is 5.97 Å². The molecule has 1 atom stereocenters. The summed E-state index contributed by atoms with van der Waals surface area (Å²) in [4.78, 5) is 35.0. The molecule has 0 saturated carbocycles. The van der Waals surface area contributed by atoms with E-state index in [1.807, 2.05) is 12.2 Å². The van der Waals surface area contributed by atoms with Crippen molar-refractivity contribution in [1.82, 2.24) is 5.32 Å². The molecule has 0 aliphatic heterocycles. The molecule has 0 spiro atoms. The van der Waals surface area contributed by atoms with E-state index < -0.39 is 29.4 Å². The van der Waals surface area contributed by atoms with Gasteiger partial charge in [-0.05, 0) is 40.0 Å². The van der Waals surface area contributed by atoms with E-state index in [-0.39, 0.29) is 12.8 Å². The predicted molar refractivity (Wildman–Crippen MR) is 98.5 cm³/mol. The Balaban J connectivity index is 4.65. The van der Waals surface area contributed by atoms with Crippen molar-refractivity contribution in [2.24, 2.45) is 5.73 Å². The van der Waals surface area contributed by atoms with E-state index in [0.29, 0.717) is 0 Å². The first-order valence-corrected chi connectivity index (χ1v) is 8.45. The van der Waals surface area contributed by atoms with Crippen molar-refractivity contribution in [3.05, 3.63) is 36.5 Å².